The average Bonchev–Trinajstić information content (AvgIpc) is 2.99. The molecule has 0 unspecified atom stereocenters. The van der Waals surface area contributed by atoms with Crippen LogP contribution in [0.5, 0.6) is 0 Å². The van der Waals surface area contributed by atoms with Crippen LogP contribution in [0.4, 0.5) is 5.82 Å². The summed E-state index contributed by atoms with van der Waals surface area (Å²) in [6.07, 6.45) is 4.76. The van der Waals surface area contributed by atoms with Crippen LogP contribution in [0.2, 0.25) is 0 Å². The number of hydrogen-bond acceptors (Lipinski definition) is 5. The number of unbranched alkanes of at least 4 members (excludes halogenated alkanes) is 1. The number of aryl methyl sites for hydroxylation is 1. The Morgan fingerprint density at radius 2 is 2.20 bits per heavy atom. The zero-order valence-corrected chi connectivity index (χ0v) is 12.2. The number of nitrogen functional groups attached to an aromatic ring is 1. The first-order valence-corrected chi connectivity index (χ1v) is 7.66. The number of hydrogen-bond donors (Lipinski definition) is 1. The molecule has 0 saturated carbocycles. The molecule has 2 N–H and O–H groups in total. The van der Waals surface area contributed by atoms with E-state index >= 15 is 0 Å². The Morgan fingerprint density at radius 1 is 1.30 bits per heavy atom. The number of aromatic nitrogens is 3. The standard InChI is InChI=1S/C15H16N4S/c1-2-3-4-10-7-12-14(16)17-9-18-15(12)19-13(10)11-5-6-20-8-11/h5-9H,2-4H2,1H3,(H2,16,17,18,19). The van der Waals surface area contributed by atoms with Crippen LogP contribution >= 0.6 is 11.3 Å². The summed E-state index contributed by atoms with van der Waals surface area (Å²) in [4.78, 5) is 13.0. The molecule has 3 heterocycles. The van der Waals surface area contributed by atoms with Gasteiger partial charge >= 0.3 is 0 Å². The van der Waals surface area contributed by atoms with Crippen molar-refractivity contribution in [2.24, 2.45) is 0 Å². The minimum Gasteiger partial charge on any atom is -0.383 e. The summed E-state index contributed by atoms with van der Waals surface area (Å²) in [6.45, 7) is 2.19. The maximum absolute atomic E-state index is 5.93. The Morgan fingerprint density at radius 3 is 2.95 bits per heavy atom. The Labute approximate surface area is 121 Å². The summed E-state index contributed by atoms with van der Waals surface area (Å²) in [6, 6.07) is 4.19. The first-order chi connectivity index (χ1) is 9.79. The van der Waals surface area contributed by atoms with Crippen molar-refractivity contribution < 1.29 is 0 Å². The third-order valence-electron chi connectivity index (χ3n) is 3.33. The van der Waals surface area contributed by atoms with Gasteiger partial charge in [-0.3, -0.25) is 0 Å². The van der Waals surface area contributed by atoms with E-state index < -0.39 is 0 Å². The zero-order chi connectivity index (χ0) is 13.9. The number of anilines is 1. The Bertz CT molecular complexity index is 722. The third-order valence-corrected chi connectivity index (χ3v) is 4.01. The number of pyridine rings is 1. The van der Waals surface area contributed by atoms with E-state index in [1.807, 2.05) is 0 Å². The quantitative estimate of drug-likeness (QED) is 0.793. The topological polar surface area (TPSA) is 64.7 Å². The van der Waals surface area contributed by atoms with Crippen LogP contribution in [0.25, 0.3) is 22.3 Å². The molecule has 0 aliphatic rings. The van der Waals surface area contributed by atoms with E-state index in [0.29, 0.717) is 11.5 Å². The van der Waals surface area contributed by atoms with Crippen LogP contribution < -0.4 is 5.73 Å². The van der Waals surface area contributed by atoms with E-state index in [-0.39, 0.29) is 0 Å². The molecule has 3 rings (SSSR count). The van der Waals surface area contributed by atoms with Crippen molar-refractivity contribution in [2.45, 2.75) is 26.2 Å². The third kappa shape index (κ3) is 2.36. The first kappa shape index (κ1) is 13.0. The molecule has 0 fully saturated rings. The van der Waals surface area contributed by atoms with Crippen molar-refractivity contribution in [3.63, 3.8) is 0 Å². The van der Waals surface area contributed by atoms with E-state index in [9.17, 15) is 0 Å². The van der Waals surface area contributed by atoms with Crippen molar-refractivity contribution in [3.05, 3.63) is 34.8 Å². The van der Waals surface area contributed by atoms with Gasteiger partial charge in [-0.15, -0.1) is 0 Å². The lowest BCUT2D eigenvalue weighted by molar-refractivity contribution is 0.794. The van der Waals surface area contributed by atoms with Crippen molar-refractivity contribution in [3.8, 4) is 11.3 Å². The molecular formula is C15H16N4S. The molecule has 102 valence electrons. The van der Waals surface area contributed by atoms with Crippen molar-refractivity contribution in [2.75, 3.05) is 5.73 Å². The molecule has 0 amide bonds. The van der Waals surface area contributed by atoms with E-state index in [1.165, 1.54) is 11.9 Å². The van der Waals surface area contributed by atoms with Gasteiger partial charge in [0.1, 0.15) is 12.1 Å². The van der Waals surface area contributed by atoms with E-state index in [2.05, 4.69) is 39.8 Å². The summed E-state index contributed by atoms with van der Waals surface area (Å²) >= 11 is 1.68. The van der Waals surface area contributed by atoms with Crippen LogP contribution in [0.1, 0.15) is 25.3 Å². The second-order valence-electron chi connectivity index (χ2n) is 4.74. The fraction of sp³-hybridized carbons (Fsp3) is 0.267. The lowest BCUT2D eigenvalue weighted by Gasteiger charge is -2.09. The molecule has 0 bridgehead atoms. The number of nitrogens with two attached hydrogens (primary N) is 1. The fourth-order valence-electron chi connectivity index (χ4n) is 2.25. The summed E-state index contributed by atoms with van der Waals surface area (Å²) < 4.78 is 0. The van der Waals surface area contributed by atoms with Crippen LogP contribution in [0.15, 0.2) is 29.2 Å². The maximum Gasteiger partial charge on any atom is 0.165 e. The van der Waals surface area contributed by atoms with Gasteiger partial charge in [0.15, 0.2) is 5.65 Å². The summed E-state index contributed by atoms with van der Waals surface area (Å²) in [5.41, 5.74) is 9.99. The Balaban J connectivity index is 2.20. The maximum atomic E-state index is 5.93. The molecule has 3 aromatic heterocycles. The SMILES string of the molecule is CCCCc1cc2c(N)ncnc2nc1-c1ccsc1. The summed E-state index contributed by atoms with van der Waals surface area (Å²) in [7, 11) is 0. The monoisotopic (exact) mass is 284 g/mol. The molecule has 20 heavy (non-hydrogen) atoms. The molecule has 3 aromatic rings. The second-order valence-corrected chi connectivity index (χ2v) is 5.52. The molecule has 5 heteroatoms. The molecule has 0 atom stereocenters. The summed E-state index contributed by atoms with van der Waals surface area (Å²) in [5.74, 6) is 0.497. The van der Waals surface area contributed by atoms with Gasteiger partial charge in [-0.1, -0.05) is 13.3 Å². The predicted molar refractivity (Wildman–Crippen MR) is 83.7 cm³/mol. The number of nitrogens with zero attached hydrogens (tertiary/aromatic N) is 3. The van der Waals surface area contributed by atoms with Gasteiger partial charge in [0.2, 0.25) is 0 Å². The Kier molecular flexibility index (Phi) is 3.60. The molecule has 0 radical (unpaired) electrons. The van der Waals surface area contributed by atoms with E-state index in [4.69, 9.17) is 10.7 Å². The van der Waals surface area contributed by atoms with Gasteiger partial charge < -0.3 is 5.73 Å². The lowest BCUT2D eigenvalue weighted by Crippen LogP contribution is -1.99. The molecule has 0 aliphatic heterocycles. The highest BCUT2D eigenvalue weighted by atomic mass is 32.1. The molecule has 0 saturated heterocycles. The van der Waals surface area contributed by atoms with E-state index in [0.717, 1.165) is 35.9 Å². The van der Waals surface area contributed by atoms with Crippen molar-refractivity contribution >= 4 is 28.2 Å². The van der Waals surface area contributed by atoms with Crippen LogP contribution in [0, 0.1) is 0 Å². The normalized spacial score (nSPS) is 11.1. The molecule has 0 aliphatic carbocycles. The molecular weight excluding hydrogens is 268 g/mol. The predicted octanol–water partition coefficient (Wildman–Crippen LogP) is 3.68. The minimum atomic E-state index is 0.497. The number of fused-ring (bicyclic) bond motifs is 1. The van der Waals surface area contributed by atoms with Crippen molar-refractivity contribution in [1.82, 2.24) is 15.0 Å². The highest BCUT2D eigenvalue weighted by molar-refractivity contribution is 7.08. The lowest BCUT2D eigenvalue weighted by atomic mass is 10.0. The Hall–Kier alpha value is -2.01. The van der Waals surface area contributed by atoms with Gasteiger partial charge in [-0.2, -0.15) is 11.3 Å². The zero-order valence-electron chi connectivity index (χ0n) is 11.3. The fourth-order valence-corrected chi connectivity index (χ4v) is 2.89. The van der Waals surface area contributed by atoms with Crippen molar-refractivity contribution in [1.29, 1.82) is 0 Å². The number of rotatable bonds is 4. The minimum absolute atomic E-state index is 0.497. The molecule has 0 spiro atoms. The van der Waals surface area contributed by atoms with Gasteiger partial charge in [0, 0.05) is 10.9 Å². The van der Waals surface area contributed by atoms with Crippen LogP contribution in [-0.2, 0) is 6.42 Å². The van der Waals surface area contributed by atoms with Gasteiger partial charge in [0.25, 0.3) is 0 Å². The highest BCUT2D eigenvalue weighted by Gasteiger charge is 2.12. The average molecular weight is 284 g/mol. The van der Waals surface area contributed by atoms with Crippen LogP contribution in [0.3, 0.4) is 0 Å². The largest absolute Gasteiger partial charge is 0.383 e. The molecule has 4 nitrogen and oxygen atoms in total. The smallest absolute Gasteiger partial charge is 0.165 e. The second kappa shape index (κ2) is 5.54. The summed E-state index contributed by atoms with van der Waals surface area (Å²) in [5, 5.41) is 5.03. The highest BCUT2D eigenvalue weighted by Crippen LogP contribution is 2.29. The van der Waals surface area contributed by atoms with Gasteiger partial charge in [-0.05, 0) is 35.9 Å². The first-order valence-electron chi connectivity index (χ1n) is 6.72. The van der Waals surface area contributed by atoms with E-state index in [1.54, 1.807) is 11.3 Å². The molecule has 0 aromatic carbocycles. The van der Waals surface area contributed by atoms with Gasteiger partial charge in [-0.25, -0.2) is 15.0 Å². The van der Waals surface area contributed by atoms with Gasteiger partial charge in [0.05, 0.1) is 11.1 Å². The number of thiophene rings is 1. The van der Waals surface area contributed by atoms with Crippen LogP contribution in [-0.4, -0.2) is 15.0 Å².